The molecule has 88 valence electrons. The fraction of sp³-hybridized carbons (Fsp3) is 0.412. The van der Waals surface area contributed by atoms with E-state index in [4.69, 9.17) is 0 Å². The second-order valence-electron chi connectivity index (χ2n) is 5.19. The van der Waals surface area contributed by atoms with Crippen molar-refractivity contribution in [2.24, 2.45) is 0 Å². The summed E-state index contributed by atoms with van der Waals surface area (Å²) in [5, 5.41) is 2.97. The molecule has 1 saturated carbocycles. The lowest BCUT2D eigenvalue weighted by molar-refractivity contribution is 0.729. The molecule has 0 heterocycles. The second kappa shape index (κ2) is 4.52. The topological polar surface area (TPSA) is 0 Å². The monoisotopic (exact) mass is 224 g/mol. The molecule has 0 bridgehead atoms. The highest BCUT2D eigenvalue weighted by Gasteiger charge is 2.19. The molecule has 0 spiro atoms. The van der Waals surface area contributed by atoms with Crippen molar-refractivity contribution < 1.29 is 0 Å². The van der Waals surface area contributed by atoms with Gasteiger partial charge in [-0.05, 0) is 47.1 Å². The van der Waals surface area contributed by atoms with E-state index in [0.29, 0.717) is 0 Å². The standard InChI is InChI=1S/C17H20/c1-2-13-11-12-16(14-7-3-4-8-14)17-10-6-5-9-15(13)17/h5-6,9-12,14H,2-4,7-8H2,1H3. The molecule has 0 amide bonds. The van der Waals surface area contributed by atoms with Gasteiger partial charge in [-0.1, -0.05) is 56.2 Å². The molecular weight excluding hydrogens is 204 g/mol. The van der Waals surface area contributed by atoms with Crippen molar-refractivity contribution in [2.75, 3.05) is 0 Å². The summed E-state index contributed by atoms with van der Waals surface area (Å²) in [5.41, 5.74) is 3.08. The molecule has 1 fully saturated rings. The quantitative estimate of drug-likeness (QED) is 0.669. The zero-order valence-electron chi connectivity index (χ0n) is 10.6. The molecular formula is C17H20. The summed E-state index contributed by atoms with van der Waals surface area (Å²) in [4.78, 5) is 0. The van der Waals surface area contributed by atoms with Crippen LogP contribution in [0.1, 0.15) is 49.7 Å². The molecule has 2 aromatic carbocycles. The number of benzene rings is 2. The summed E-state index contributed by atoms with van der Waals surface area (Å²) in [6.45, 7) is 2.25. The maximum atomic E-state index is 2.39. The van der Waals surface area contributed by atoms with Gasteiger partial charge in [-0.15, -0.1) is 0 Å². The van der Waals surface area contributed by atoms with Gasteiger partial charge in [-0.25, -0.2) is 0 Å². The molecule has 0 radical (unpaired) electrons. The van der Waals surface area contributed by atoms with E-state index < -0.39 is 0 Å². The lowest BCUT2D eigenvalue weighted by Gasteiger charge is -2.15. The Morgan fingerprint density at radius 3 is 2.35 bits per heavy atom. The van der Waals surface area contributed by atoms with Crippen molar-refractivity contribution in [3.63, 3.8) is 0 Å². The van der Waals surface area contributed by atoms with Crippen molar-refractivity contribution in [1.82, 2.24) is 0 Å². The van der Waals surface area contributed by atoms with Gasteiger partial charge in [0.15, 0.2) is 0 Å². The van der Waals surface area contributed by atoms with Gasteiger partial charge >= 0.3 is 0 Å². The van der Waals surface area contributed by atoms with Crippen LogP contribution in [-0.4, -0.2) is 0 Å². The zero-order valence-corrected chi connectivity index (χ0v) is 10.6. The van der Waals surface area contributed by atoms with Crippen LogP contribution in [0.5, 0.6) is 0 Å². The Kier molecular flexibility index (Phi) is 2.88. The Bertz CT molecular complexity index is 519. The highest BCUT2D eigenvalue weighted by atomic mass is 14.2. The van der Waals surface area contributed by atoms with Crippen LogP contribution in [0.3, 0.4) is 0 Å². The van der Waals surface area contributed by atoms with Crippen molar-refractivity contribution in [3.05, 3.63) is 47.5 Å². The first-order chi connectivity index (χ1) is 8.40. The molecule has 17 heavy (non-hydrogen) atoms. The number of hydrogen-bond acceptors (Lipinski definition) is 0. The highest BCUT2D eigenvalue weighted by molar-refractivity contribution is 5.89. The van der Waals surface area contributed by atoms with Gasteiger partial charge in [0.2, 0.25) is 0 Å². The molecule has 0 saturated heterocycles. The van der Waals surface area contributed by atoms with Crippen LogP contribution in [-0.2, 0) is 6.42 Å². The minimum atomic E-state index is 0.811. The van der Waals surface area contributed by atoms with Crippen LogP contribution in [0.2, 0.25) is 0 Å². The molecule has 0 heteroatoms. The van der Waals surface area contributed by atoms with Crippen molar-refractivity contribution in [2.45, 2.75) is 44.9 Å². The van der Waals surface area contributed by atoms with Gasteiger partial charge in [0, 0.05) is 0 Å². The second-order valence-corrected chi connectivity index (χ2v) is 5.19. The summed E-state index contributed by atoms with van der Waals surface area (Å²) >= 11 is 0. The minimum Gasteiger partial charge on any atom is -0.0616 e. The molecule has 0 nitrogen and oxygen atoms in total. The van der Waals surface area contributed by atoms with Crippen molar-refractivity contribution >= 4 is 10.8 Å². The Hall–Kier alpha value is -1.30. The van der Waals surface area contributed by atoms with Crippen LogP contribution in [0.15, 0.2) is 36.4 Å². The Morgan fingerprint density at radius 2 is 1.65 bits per heavy atom. The van der Waals surface area contributed by atoms with Crippen LogP contribution in [0.25, 0.3) is 10.8 Å². The van der Waals surface area contributed by atoms with Gasteiger partial charge in [0.25, 0.3) is 0 Å². The lowest BCUT2D eigenvalue weighted by atomic mass is 9.90. The van der Waals surface area contributed by atoms with Gasteiger partial charge in [-0.2, -0.15) is 0 Å². The van der Waals surface area contributed by atoms with E-state index in [0.717, 1.165) is 12.3 Å². The fourth-order valence-corrected chi connectivity index (χ4v) is 3.29. The maximum absolute atomic E-state index is 2.39. The fourth-order valence-electron chi connectivity index (χ4n) is 3.29. The summed E-state index contributed by atoms with van der Waals surface area (Å²) in [6, 6.07) is 13.7. The zero-order chi connectivity index (χ0) is 11.7. The SMILES string of the molecule is CCc1ccc(C2CCCC2)c2ccccc12. The summed E-state index contributed by atoms with van der Waals surface area (Å²) in [5.74, 6) is 0.811. The predicted molar refractivity (Wildman–Crippen MR) is 74.5 cm³/mol. The van der Waals surface area contributed by atoms with Crippen LogP contribution < -0.4 is 0 Å². The highest BCUT2D eigenvalue weighted by Crippen LogP contribution is 2.38. The first-order valence-electron chi connectivity index (χ1n) is 6.90. The summed E-state index contributed by atoms with van der Waals surface area (Å²) in [6.07, 6.45) is 6.72. The van der Waals surface area contributed by atoms with Gasteiger partial charge in [0.05, 0.1) is 0 Å². The number of hydrogen-bond donors (Lipinski definition) is 0. The van der Waals surface area contributed by atoms with E-state index >= 15 is 0 Å². The summed E-state index contributed by atoms with van der Waals surface area (Å²) in [7, 11) is 0. The Balaban J connectivity index is 2.19. The minimum absolute atomic E-state index is 0.811. The molecule has 1 aliphatic rings. The molecule has 2 aromatic rings. The normalized spacial score (nSPS) is 16.8. The molecule has 1 aliphatic carbocycles. The lowest BCUT2D eigenvalue weighted by Crippen LogP contribution is -1.95. The maximum Gasteiger partial charge on any atom is -0.0146 e. The molecule has 0 aliphatic heterocycles. The largest absolute Gasteiger partial charge is 0.0616 e. The third-order valence-corrected chi connectivity index (χ3v) is 4.22. The molecule has 0 aromatic heterocycles. The van der Waals surface area contributed by atoms with Crippen LogP contribution >= 0.6 is 0 Å². The third kappa shape index (κ3) is 1.86. The van der Waals surface area contributed by atoms with E-state index in [2.05, 4.69) is 43.3 Å². The van der Waals surface area contributed by atoms with Crippen molar-refractivity contribution in [1.29, 1.82) is 0 Å². The van der Waals surface area contributed by atoms with E-state index in [-0.39, 0.29) is 0 Å². The molecule has 0 unspecified atom stereocenters. The molecule has 0 atom stereocenters. The van der Waals surface area contributed by atoms with Crippen LogP contribution in [0, 0.1) is 0 Å². The average molecular weight is 224 g/mol. The van der Waals surface area contributed by atoms with Crippen LogP contribution in [0.4, 0.5) is 0 Å². The van der Waals surface area contributed by atoms with Crippen molar-refractivity contribution in [3.8, 4) is 0 Å². The van der Waals surface area contributed by atoms with E-state index in [1.165, 1.54) is 42.0 Å². The average Bonchev–Trinajstić information content (AvgIpc) is 2.91. The predicted octanol–water partition coefficient (Wildman–Crippen LogP) is 5.06. The van der Waals surface area contributed by atoms with Gasteiger partial charge < -0.3 is 0 Å². The van der Waals surface area contributed by atoms with E-state index in [9.17, 15) is 0 Å². The number of rotatable bonds is 2. The number of aryl methyl sites for hydroxylation is 1. The first-order valence-corrected chi connectivity index (χ1v) is 6.90. The van der Waals surface area contributed by atoms with Gasteiger partial charge in [0.1, 0.15) is 0 Å². The smallest absolute Gasteiger partial charge is 0.0146 e. The molecule has 0 N–H and O–H groups in total. The Labute approximate surface area is 104 Å². The number of fused-ring (bicyclic) bond motifs is 1. The first kappa shape index (κ1) is 10.8. The summed E-state index contributed by atoms with van der Waals surface area (Å²) < 4.78 is 0. The molecule has 3 rings (SSSR count). The van der Waals surface area contributed by atoms with Gasteiger partial charge in [-0.3, -0.25) is 0 Å². The van der Waals surface area contributed by atoms with E-state index in [1.807, 2.05) is 0 Å². The third-order valence-electron chi connectivity index (χ3n) is 4.22. The van der Waals surface area contributed by atoms with E-state index in [1.54, 1.807) is 5.56 Å². The Morgan fingerprint density at radius 1 is 0.941 bits per heavy atom.